The van der Waals surface area contributed by atoms with Crippen LogP contribution in [0.1, 0.15) is 31.0 Å². The molecule has 0 fully saturated rings. The largest absolute Gasteiger partial charge is 0.496 e. The summed E-state index contributed by atoms with van der Waals surface area (Å²) in [4.78, 5) is 14.4. The Hall–Kier alpha value is -1.85. The molecular formula is C20H25BrN2O2. The van der Waals surface area contributed by atoms with Gasteiger partial charge in [0.1, 0.15) is 5.75 Å². The second-order valence-electron chi connectivity index (χ2n) is 6.18. The number of ether oxygens (including phenoxy) is 1. The van der Waals surface area contributed by atoms with Gasteiger partial charge in [0.05, 0.1) is 17.6 Å². The lowest BCUT2D eigenvalue weighted by Crippen LogP contribution is -2.43. The Morgan fingerprint density at radius 1 is 1.20 bits per heavy atom. The number of amides is 1. The summed E-state index contributed by atoms with van der Waals surface area (Å²) >= 11 is 3.50. The second kappa shape index (κ2) is 9.02. The van der Waals surface area contributed by atoms with Gasteiger partial charge in [0.15, 0.2) is 0 Å². The standard InChI is InChI=1S/C20H25BrN2O2/c1-14(17-10-11-19(25-4)18(21)12-17)22-15(2)20(24)23(3)13-16-8-6-5-7-9-16/h5-12,14-15,22H,13H2,1-4H3. The number of hydrogen-bond acceptors (Lipinski definition) is 3. The van der Waals surface area contributed by atoms with Gasteiger partial charge in [0.2, 0.25) is 5.91 Å². The first-order valence-corrected chi connectivity index (χ1v) is 9.10. The summed E-state index contributed by atoms with van der Waals surface area (Å²) in [5.74, 6) is 0.867. The van der Waals surface area contributed by atoms with Crippen LogP contribution in [-0.2, 0) is 11.3 Å². The van der Waals surface area contributed by atoms with E-state index in [2.05, 4.69) is 28.2 Å². The van der Waals surface area contributed by atoms with Crippen LogP contribution in [0, 0.1) is 0 Å². The van der Waals surface area contributed by atoms with Crippen molar-refractivity contribution in [2.75, 3.05) is 14.2 Å². The minimum absolute atomic E-state index is 0.0475. The quantitative estimate of drug-likeness (QED) is 0.753. The Balaban J connectivity index is 1.96. The summed E-state index contributed by atoms with van der Waals surface area (Å²) in [6, 6.07) is 15.7. The van der Waals surface area contributed by atoms with E-state index in [4.69, 9.17) is 4.74 Å². The van der Waals surface area contributed by atoms with Gasteiger partial charge in [0, 0.05) is 19.6 Å². The number of likely N-dealkylation sites (N-methyl/N-ethyl adjacent to an activating group) is 1. The van der Waals surface area contributed by atoms with Gasteiger partial charge in [-0.25, -0.2) is 0 Å². The molecule has 2 rings (SSSR count). The van der Waals surface area contributed by atoms with Gasteiger partial charge in [-0.05, 0) is 53.0 Å². The Kier molecular flexibility index (Phi) is 7.02. The number of hydrogen-bond donors (Lipinski definition) is 1. The Morgan fingerprint density at radius 2 is 1.88 bits per heavy atom. The molecule has 2 aromatic rings. The highest BCUT2D eigenvalue weighted by Gasteiger charge is 2.20. The lowest BCUT2D eigenvalue weighted by molar-refractivity contribution is -0.132. The van der Waals surface area contributed by atoms with E-state index in [1.807, 2.05) is 62.5 Å². The van der Waals surface area contributed by atoms with Gasteiger partial charge in [-0.15, -0.1) is 0 Å². The number of carbonyl (C=O) groups is 1. The summed E-state index contributed by atoms with van der Waals surface area (Å²) in [6.07, 6.45) is 0. The predicted molar refractivity (Wildman–Crippen MR) is 105 cm³/mol. The highest BCUT2D eigenvalue weighted by molar-refractivity contribution is 9.10. The van der Waals surface area contributed by atoms with Crippen LogP contribution < -0.4 is 10.1 Å². The molecule has 0 bridgehead atoms. The molecule has 5 heteroatoms. The minimum atomic E-state index is -0.274. The van der Waals surface area contributed by atoms with Crippen molar-refractivity contribution in [3.05, 3.63) is 64.1 Å². The number of methoxy groups -OCH3 is 1. The molecule has 0 aliphatic rings. The first-order valence-electron chi connectivity index (χ1n) is 8.30. The van der Waals surface area contributed by atoms with E-state index in [1.165, 1.54) is 0 Å². The molecule has 0 saturated heterocycles. The van der Waals surface area contributed by atoms with Gasteiger partial charge in [-0.1, -0.05) is 36.4 Å². The zero-order valence-corrected chi connectivity index (χ0v) is 16.7. The van der Waals surface area contributed by atoms with E-state index >= 15 is 0 Å². The van der Waals surface area contributed by atoms with Crippen LogP contribution in [0.15, 0.2) is 53.0 Å². The number of nitrogens with one attached hydrogen (secondary N) is 1. The molecule has 1 N–H and O–H groups in total. The fourth-order valence-corrected chi connectivity index (χ4v) is 3.32. The molecule has 25 heavy (non-hydrogen) atoms. The molecule has 1 amide bonds. The van der Waals surface area contributed by atoms with Crippen LogP contribution in [-0.4, -0.2) is 31.0 Å². The maximum atomic E-state index is 12.6. The third-order valence-corrected chi connectivity index (χ3v) is 4.80. The summed E-state index contributed by atoms with van der Waals surface area (Å²) < 4.78 is 6.16. The molecule has 2 aromatic carbocycles. The third kappa shape index (κ3) is 5.31. The lowest BCUT2D eigenvalue weighted by Gasteiger charge is -2.25. The van der Waals surface area contributed by atoms with Crippen LogP contribution in [0.25, 0.3) is 0 Å². The van der Waals surface area contributed by atoms with Crippen LogP contribution in [0.4, 0.5) is 0 Å². The Morgan fingerprint density at radius 3 is 2.48 bits per heavy atom. The number of rotatable bonds is 7. The fraction of sp³-hybridized carbons (Fsp3) is 0.350. The fourth-order valence-electron chi connectivity index (χ4n) is 2.76. The molecule has 0 spiro atoms. The summed E-state index contributed by atoms with van der Waals surface area (Å²) in [7, 11) is 3.48. The maximum absolute atomic E-state index is 12.6. The van der Waals surface area contributed by atoms with Gasteiger partial charge < -0.3 is 9.64 Å². The van der Waals surface area contributed by atoms with E-state index in [1.54, 1.807) is 12.0 Å². The average Bonchev–Trinajstić information content (AvgIpc) is 2.61. The number of benzene rings is 2. The molecule has 134 valence electrons. The van der Waals surface area contributed by atoms with E-state index in [9.17, 15) is 4.79 Å². The highest BCUT2D eigenvalue weighted by Crippen LogP contribution is 2.28. The first-order chi connectivity index (χ1) is 11.9. The van der Waals surface area contributed by atoms with Crippen molar-refractivity contribution >= 4 is 21.8 Å². The van der Waals surface area contributed by atoms with Crippen molar-refractivity contribution in [2.24, 2.45) is 0 Å². The molecule has 0 saturated carbocycles. The monoisotopic (exact) mass is 404 g/mol. The molecule has 2 unspecified atom stereocenters. The molecular weight excluding hydrogens is 380 g/mol. The molecule has 0 aliphatic carbocycles. The molecule has 0 aromatic heterocycles. The highest BCUT2D eigenvalue weighted by atomic mass is 79.9. The Labute approximate surface area is 158 Å². The lowest BCUT2D eigenvalue weighted by atomic mass is 10.1. The van der Waals surface area contributed by atoms with Crippen molar-refractivity contribution in [1.29, 1.82) is 0 Å². The zero-order chi connectivity index (χ0) is 18.4. The van der Waals surface area contributed by atoms with Crippen molar-refractivity contribution in [2.45, 2.75) is 32.5 Å². The van der Waals surface area contributed by atoms with Crippen molar-refractivity contribution < 1.29 is 9.53 Å². The number of halogens is 1. The predicted octanol–water partition coefficient (Wildman–Crippen LogP) is 4.16. The normalized spacial score (nSPS) is 13.2. The van der Waals surface area contributed by atoms with Gasteiger partial charge in [-0.2, -0.15) is 0 Å². The number of nitrogens with zero attached hydrogens (tertiary/aromatic N) is 1. The van der Waals surface area contributed by atoms with Crippen molar-refractivity contribution in [3.63, 3.8) is 0 Å². The van der Waals surface area contributed by atoms with Gasteiger partial charge in [0.25, 0.3) is 0 Å². The van der Waals surface area contributed by atoms with Gasteiger partial charge >= 0.3 is 0 Å². The summed E-state index contributed by atoms with van der Waals surface area (Å²) in [5.41, 5.74) is 2.22. The molecule has 2 atom stereocenters. The average molecular weight is 405 g/mol. The van der Waals surface area contributed by atoms with Crippen molar-refractivity contribution in [1.82, 2.24) is 10.2 Å². The SMILES string of the molecule is COc1ccc(C(C)NC(C)C(=O)N(C)Cc2ccccc2)cc1Br. The summed E-state index contributed by atoms with van der Waals surface area (Å²) in [5, 5.41) is 3.37. The Bertz CT molecular complexity index is 706. The van der Waals surface area contributed by atoms with Crippen LogP contribution in [0.5, 0.6) is 5.75 Å². The smallest absolute Gasteiger partial charge is 0.239 e. The summed E-state index contributed by atoms with van der Waals surface area (Å²) in [6.45, 7) is 4.56. The molecule has 0 heterocycles. The van der Waals surface area contributed by atoms with E-state index in [0.29, 0.717) is 6.54 Å². The first kappa shape index (κ1) is 19.5. The molecule has 0 aliphatic heterocycles. The number of carbonyl (C=O) groups excluding carboxylic acids is 1. The van der Waals surface area contributed by atoms with Crippen LogP contribution in [0.2, 0.25) is 0 Å². The van der Waals surface area contributed by atoms with Crippen LogP contribution >= 0.6 is 15.9 Å². The molecule has 0 radical (unpaired) electrons. The second-order valence-corrected chi connectivity index (χ2v) is 7.04. The van der Waals surface area contributed by atoms with Crippen molar-refractivity contribution in [3.8, 4) is 5.75 Å². The van der Waals surface area contributed by atoms with E-state index in [-0.39, 0.29) is 18.0 Å². The maximum Gasteiger partial charge on any atom is 0.239 e. The molecule has 4 nitrogen and oxygen atoms in total. The van der Waals surface area contributed by atoms with E-state index < -0.39 is 0 Å². The zero-order valence-electron chi connectivity index (χ0n) is 15.1. The van der Waals surface area contributed by atoms with Crippen LogP contribution in [0.3, 0.4) is 0 Å². The third-order valence-electron chi connectivity index (χ3n) is 4.19. The minimum Gasteiger partial charge on any atom is -0.496 e. The van der Waals surface area contributed by atoms with Gasteiger partial charge in [-0.3, -0.25) is 10.1 Å². The topological polar surface area (TPSA) is 41.6 Å². The van der Waals surface area contributed by atoms with E-state index in [0.717, 1.165) is 21.3 Å².